The first-order valence-electron chi connectivity index (χ1n) is 11.4. The van der Waals surface area contributed by atoms with E-state index in [4.69, 9.17) is 24.5 Å². The number of alkyl halides is 8. The van der Waals surface area contributed by atoms with E-state index in [1.807, 2.05) is 42.5 Å². The quantitative estimate of drug-likeness (QED) is 0.260. The van der Waals surface area contributed by atoms with Crippen molar-refractivity contribution in [3.63, 3.8) is 0 Å². The molecule has 2 aromatic carbocycles. The van der Waals surface area contributed by atoms with Crippen LogP contribution in [0.25, 0.3) is 11.0 Å². The Morgan fingerprint density at radius 1 is 0.925 bits per heavy atom. The molecule has 1 fully saturated rings. The van der Waals surface area contributed by atoms with Gasteiger partial charge in [-0.3, -0.25) is 0 Å². The number of imidazole rings is 1. The van der Waals surface area contributed by atoms with Crippen LogP contribution < -0.4 is 10.1 Å². The number of fused-ring (bicyclic) bond motifs is 1. The molecule has 40 heavy (non-hydrogen) atoms. The van der Waals surface area contributed by atoms with Crippen molar-refractivity contribution < 1.29 is 59.7 Å². The predicted molar refractivity (Wildman–Crippen MR) is 124 cm³/mol. The number of aromatic amines is 1. The van der Waals surface area contributed by atoms with Crippen LogP contribution >= 0.6 is 0 Å². The second kappa shape index (κ2) is 13.4. The fourth-order valence-electron chi connectivity index (χ4n) is 3.30. The molecule has 4 N–H and O–H groups in total. The summed E-state index contributed by atoms with van der Waals surface area (Å²) in [6.07, 6.45) is -7.48. The van der Waals surface area contributed by atoms with E-state index in [0.717, 1.165) is 28.1 Å². The minimum Gasteiger partial charge on any atom is -0.475 e. The normalized spacial score (nSPS) is 15.3. The van der Waals surface area contributed by atoms with Crippen LogP contribution in [-0.2, 0) is 16.1 Å². The summed E-state index contributed by atoms with van der Waals surface area (Å²) in [5.41, 5.74) is 2.94. The summed E-state index contributed by atoms with van der Waals surface area (Å²) in [7, 11) is 0. The first kappa shape index (κ1) is 32.3. The van der Waals surface area contributed by atoms with Gasteiger partial charge in [-0.1, -0.05) is 12.1 Å². The molecule has 4 rings (SSSR count). The zero-order valence-electron chi connectivity index (χ0n) is 20.3. The lowest BCUT2D eigenvalue weighted by Crippen LogP contribution is -2.36. The summed E-state index contributed by atoms with van der Waals surface area (Å²) in [5, 5.41) is 17.6. The van der Waals surface area contributed by atoms with Gasteiger partial charge in [0.25, 0.3) is 0 Å². The van der Waals surface area contributed by atoms with E-state index >= 15 is 0 Å². The molecule has 0 bridgehead atoms. The zero-order chi connectivity index (χ0) is 30.1. The molecule has 3 aromatic rings. The van der Waals surface area contributed by atoms with Crippen molar-refractivity contribution in [2.75, 3.05) is 0 Å². The van der Waals surface area contributed by atoms with Crippen LogP contribution in [0.15, 0.2) is 48.8 Å². The molecule has 1 heterocycles. The highest BCUT2D eigenvalue weighted by atomic mass is 19.4. The van der Waals surface area contributed by atoms with Crippen molar-refractivity contribution in [1.82, 2.24) is 15.3 Å². The third-order valence-corrected chi connectivity index (χ3v) is 5.35. The number of carbonyl (C=O) groups is 2. The van der Waals surface area contributed by atoms with E-state index in [1.54, 1.807) is 6.33 Å². The lowest BCUT2D eigenvalue weighted by molar-refractivity contribution is -0.193. The van der Waals surface area contributed by atoms with Crippen LogP contribution in [0.1, 0.15) is 31.2 Å². The number of nitrogens with one attached hydrogen (secondary N) is 2. The van der Waals surface area contributed by atoms with Gasteiger partial charge in [0.1, 0.15) is 11.5 Å². The van der Waals surface area contributed by atoms with Gasteiger partial charge in [0.2, 0.25) is 5.92 Å². The van der Waals surface area contributed by atoms with Crippen LogP contribution in [0.5, 0.6) is 11.5 Å². The van der Waals surface area contributed by atoms with E-state index in [1.165, 1.54) is 0 Å². The topological polar surface area (TPSA) is 125 Å². The van der Waals surface area contributed by atoms with Crippen molar-refractivity contribution in [3.05, 3.63) is 54.4 Å². The molecule has 0 amide bonds. The summed E-state index contributed by atoms with van der Waals surface area (Å²) in [6, 6.07) is 13.7. The third-order valence-electron chi connectivity index (χ3n) is 5.35. The summed E-state index contributed by atoms with van der Waals surface area (Å²) in [6.45, 7) is 0.677. The lowest BCUT2D eigenvalue weighted by atomic mass is 9.92. The van der Waals surface area contributed by atoms with Gasteiger partial charge in [0.15, 0.2) is 0 Å². The first-order chi connectivity index (χ1) is 18.5. The molecular weight excluding hydrogens is 562 g/mol. The maximum absolute atomic E-state index is 13.2. The SMILES string of the molecule is FC1(F)CCC(NCc2ccc(Oc3ccc4nc[nH]c4c3)cc2)CC1.O=C(O)C(F)(F)F.O=C(O)C(F)(F)F. The highest BCUT2D eigenvalue weighted by molar-refractivity contribution is 5.76. The second-order valence-electron chi connectivity index (χ2n) is 8.44. The minimum atomic E-state index is -5.08. The van der Waals surface area contributed by atoms with Crippen molar-refractivity contribution in [1.29, 1.82) is 0 Å². The average molecular weight is 585 g/mol. The molecule has 0 unspecified atom stereocenters. The lowest BCUT2D eigenvalue weighted by Gasteiger charge is -2.28. The van der Waals surface area contributed by atoms with Gasteiger partial charge in [-0.15, -0.1) is 0 Å². The number of aliphatic carboxylic acids is 2. The van der Waals surface area contributed by atoms with Crippen LogP contribution in [0.2, 0.25) is 0 Å². The van der Waals surface area contributed by atoms with E-state index in [9.17, 15) is 35.1 Å². The Morgan fingerprint density at radius 2 is 1.43 bits per heavy atom. The van der Waals surface area contributed by atoms with Gasteiger partial charge >= 0.3 is 24.3 Å². The molecule has 8 nitrogen and oxygen atoms in total. The van der Waals surface area contributed by atoms with Crippen LogP contribution in [0.3, 0.4) is 0 Å². The van der Waals surface area contributed by atoms with E-state index in [2.05, 4.69) is 15.3 Å². The van der Waals surface area contributed by atoms with Crippen molar-refractivity contribution in [3.8, 4) is 11.5 Å². The van der Waals surface area contributed by atoms with Gasteiger partial charge in [-0.2, -0.15) is 26.3 Å². The maximum Gasteiger partial charge on any atom is 0.490 e. The average Bonchev–Trinajstić information content (AvgIpc) is 3.32. The molecule has 16 heteroatoms. The minimum absolute atomic E-state index is 0.0158. The smallest absolute Gasteiger partial charge is 0.475 e. The van der Waals surface area contributed by atoms with E-state index in [-0.39, 0.29) is 18.9 Å². The van der Waals surface area contributed by atoms with Crippen LogP contribution in [0, 0.1) is 0 Å². The Hall–Kier alpha value is -3.95. The highest BCUT2D eigenvalue weighted by Crippen LogP contribution is 2.33. The van der Waals surface area contributed by atoms with Crippen molar-refractivity contribution in [2.24, 2.45) is 0 Å². The van der Waals surface area contributed by atoms with Gasteiger partial charge in [-0.25, -0.2) is 23.4 Å². The van der Waals surface area contributed by atoms with Gasteiger partial charge in [0.05, 0.1) is 17.4 Å². The summed E-state index contributed by atoms with van der Waals surface area (Å²) in [5.74, 6) is -6.49. The van der Waals surface area contributed by atoms with E-state index < -0.39 is 30.2 Å². The zero-order valence-corrected chi connectivity index (χ0v) is 20.3. The Labute approximate surface area is 221 Å². The largest absolute Gasteiger partial charge is 0.490 e. The number of hydrogen-bond acceptors (Lipinski definition) is 5. The number of nitrogens with zero attached hydrogens (tertiary/aromatic N) is 1. The van der Waals surface area contributed by atoms with E-state index in [0.29, 0.717) is 19.4 Å². The van der Waals surface area contributed by atoms with Crippen LogP contribution in [0.4, 0.5) is 35.1 Å². The number of benzene rings is 2. The second-order valence-corrected chi connectivity index (χ2v) is 8.44. The number of carboxylic acids is 2. The third kappa shape index (κ3) is 11.0. The molecule has 220 valence electrons. The molecule has 1 saturated carbocycles. The number of H-pyrrole nitrogens is 1. The van der Waals surface area contributed by atoms with Crippen LogP contribution in [-0.4, -0.2) is 56.4 Å². The Balaban J connectivity index is 0.000000333. The predicted octanol–water partition coefficient (Wildman–Crippen LogP) is 6.29. The number of rotatable bonds is 5. The number of carboxylic acid groups (broad SMARTS) is 2. The standard InChI is InChI=1S/C20H21F2N3O.2C2HF3O2/c21-20(22)9-7-15(8-10-20)23-12-14-1-3-16(4-2-14)26-17-5-6-18-19(11-17)25-13-24-18;2*3-2(4,5)1(6)7/h1-6,11,13,15,23H,7-10,12H2,(H,24,25);2*(H,6,7). The summed E-state index contributed by atoms with van der Waals surface area (Å²) >= 11 is 0. The number of aromatic nitrogens is 2. The Bertz CT molecular complexity index is 1230. The maximum atomic E-state index is 13.2. The molecule has 0 radical (unpaired) electrons. The fourth-order valence-corrected chi connectivity index (χ4v) is 3.30. The molecule has 0 aliphatic heterocycles. The Kier molecular flexibility index (Phi) is 10.8. The monoisotopic (exact) mass is 585 g/mol. The fraction of sp³-hybridized carbons (Fsp3) is 0.375. The molecule has 1 aromatic heterocycles. The molecule has 1 aliphatic rings. The summed E-state index contributed by atoms with van der Waals surface area (Å²) in [4.78, 5) is 25.0. The molecule has 1 aliphatic carbocycles. The Morgan fingerprint density at radius 3 is 1.93 bits per heavy atom. The van der Waals surface area contributed by atoms with Gasteiger partial charge < -0.3 is 25.3 Å². The molecule has 0 spiro atoms. The number of halogens is 8. The summed E-state index contributed by atoms with van der Waals surface area (Å²) < 4.78 is 95.7. The van der Waals surface area contributed by atoms with Gasteiger partial charge in [-0.05, 0) is 42.7 Å². The number of ether oxygens (including phenoxy) is 1. The molecule has 0 atom stereocenters. The van der Waals surface area contributed by atoms with Crippen molar-refractivity contribution >= 4 is 23.0 Å². The number of hydrogen-bond donors (Lipinski definition) is 4. The van der Waals surface area contributed by atoms with Crippen molar-refractivity contribution in [2.45, 2.75) is 56.5 Å². The van der Waals surface area contributed by atoms with Gasteiger partial charge in [0, 0.05) is 31.5 Å². The molecular formula is C24H23F8N3O5. The molecule has 0 saturated heterocycles. The highest BCUT2D eigenvalue weighted by Gasteiger charge is 2.39. The first-order valence-corrected chi connectivity index (χ1v) is 11.4.